The Morgan fingerprint density at radius 1 is 1.26 bits per heavy atom. The summed E-state index contributed by atoms with van der Waals surface area (Å²) in [4.78, 5) is 15.4. The fourth-order valence-corrected chi connectivity index (χ4v) is 3.53. The zero-order valence-corrected chi connectivity index (χ0v) is 13.4. The summed E-state index contributed by atoms with van der Waals surface area (Å²) in [6, 6.07) is 0.363. The molecule has 19 heavy (non-hydrogen) atoms. The van der Waals surface area contributed by atoms with E-state index in [1.165, 1.54) is 12.8 Å². The highest BCUT2D eigenvalue weighted by atomic mass is 32.1. The molecule has 1 unspecified atom stereocenters. The van der Waals surface area contributed by atoms with Gasteiger partial charge in [0.1, 0.15) is 0 Å². The van der Waals surface area contributed by atoms with Gasteiger partial charge in [0.15, 0.2) is 0 Å². The molecule has 0 bridgehead atoms. The van der Waals surface area contributed by atoms with Crippen molar-refractivity contribution in [2.24, 2.45) is 11.1 Å². The smallest absolute Gasteiger partial charge is 0.235 e. The molecule has 1 heterocycles. The van der Waals surface area contributed by atoms with E-state index in [1.54, 1.807) is 0 Å². The second-order valence-electron chi connectivity index (χ2n) is 5.56. The Morgan fingerprint density at radius 2 is 1.89 bits per heavy atom. The molecule has 110 valence electrons. The van der Waals surface area contributed by atoms with Crippen molar-refractivity contribution in [3.8, 4) is 0 Å². The number of nitrogens with zero attached hydrogens (tertiary/aromatic N) is 1. The summed E-state index contributed by atoms with van der Waals surface area (Å²) in [5.74, 6) is 0.166. The summed E-state index contributed by atoms with van der Waals surface area (Å²) in [5, 5.41) is 0. The minimum Gasteiger partial charge on any atom is -0.392 e. The van der Waals surface area contributed by atoms with Crippen LogP contribution in [0.3, 0.4) is 0 Å². The van der Waals surface area contributed by atoms with Gasteiger partial charge in [-0.3, -0.25) is 4.79 Å². The molecule has 1 fully saturated rings. The van der Waals surface area contributed by atoms with E-state index in [0.717, 1.165) is 25.8 Å². The lowest BCUT2D eigenvalue weighted by atomic mass is 9.80. The van der Waals surface area contributed by atoms with E-state index in [4.69, 9.17) is 18.0 Å². The molecule has 3 nitrogen and oxygen atoms in total. The predicted octanol–water partition coefficient (Wildman–Crippen LogP) is 3.26. The summed E-state index contributed by atoms with van der Waals surface area (Å²) >= 11 is 5.21. The largest absolute Gasteiger partial charge is 0.392 e. The van der Waals surface area contributed by atoms with Crippen LogP contribution in [-0.4, -0.2) is 28.4 Å². The Labute approximate surface area is 122 Å². The molecule has 0 saturated carbocycles. The van der Waals surface area contributed by atoms with Gasteiger partial charge in [0.05, 0.1) is 10.4 Å². The quantitative estimate of drug-likeness (QED) is 0.788. The summed E-state index contributed by atoms with van der Waals surface area (Å²) in [5.41, 5.74) is 5.28. The first-order valence-electron chi connectivity index (χ1n) is 7.64. The number of nitrogens with two attached hydrogens (primary N) is 1. The van der Waals surface area contributed by atoms with Crippen molar-refractivity contribution in [1.29, 1.82) is 0 Å². The van der Waals surface area contributed by atoms with Crippen molar-refractivity contribution in [1.82, 2.24) is 4.90 Å². The third-order valence-electron chi connectivity index (χ3n) is 4.70. The molecule has 0 radical (unpaired) electrons. The monoisotopic (exact) mass is 284 g/mol. The highest BCUT2D eigenvalue weighted by Gasteiger charge is 2.42. The van der Waals surface area contributed by atoms with Crippen molar-refractivity contribution in [2.45, 2.75) is 71.8 Å². The van der Waals surface area contributed by atoms with E-state index in [2.05, 4.69) is 11.8 Å². The van der Waals surface area contributed by atoms with Gasteiger partial charge in [-0.05, 0) is 32.1 Å². The van der Waals surface area contributed by atoms with Crippen LogP contribution in [-0.2, 0) is 4.79 Å². The van der Waals surface area contributed by atoms with Gasteiger partial charge in [-0.25, -0.2) is 0 Å². The molecule has 1 atom stereocenters. The van der Waals surface area contributed by atoms with Crippen molar-refractivity contribution in [2.75, 3.05) is 6.54 Å². The molecule has 1 aliphatic rings. The summed E-state index contributed by atoms with van der Waals surface area (Å²) in [6.45, 7) is 7.05. The maximum atomic E-state index is 13.0. The topological polar surface area (TPSA) is 46.3 Å². The average molecular weight is 284 g/mol. The number of rotatable bonds is 5. The molecule has 1 rings (SSSR count). The van der Waals surface area contributed by atoms with Crippen molar-refractivity contribution >= 4 is 23.1 Å². The van der Waals surface area contributed by atoms with Crippen LogP contribution >= 0.6 is 12.2 Å². The van der Waals surface area contributed by atoms with Gasteiger partial charge in [0, 0.05) is 12.6 Å². The molecule has 2 N–H and O–H groups in total. The summed E-state index contributed by atoms with van der Waals surface area (Å²) in [6.07, 6.45) is 7.08. The van der Waals surface area contributed by atoms with Crippen LogP contribution in [0, 0.1) is 5.41 Å². The van der Waals surface area contributed by atoms with Gasteiger partial charge in [0.25, 0.3) is 0 Å². The first-order valence-corrected chi connectivity index (χ1v) is 8.05. The van der Waals surface area contributed by atoms with Crippen LogP contribution in [0.5, 0.6) is 0 Å². The highest BCUT2D eigenvalue weighted by Crippen LogP contribution is 2.32. The molecular weight excluding hydrogens is 256 g/mol. The van der Waals surface area contributed by atoms with Crippen molar-refractivity contribution < 1.29 is 4.79 Å². The second-order valence-corrected chi connectivity index (χ2v) is 6.00. The van der Waals surface area contributed by atoms with Gasteiger partial charge in [-0.15, -0.1) is 0 Å². The molecule has 4 heteroatoms. The molecule has 0 spiro atoms. The molecule has 1 aliphatic heterocycles. The molecule has 0 aromatic heterocycles. The van der Waals surface area contributed by atoms with Crippen molar-refractivity contribution in [3.05, 3.63) is 0 Å². The predicted molar refractivity (Wildman–Crippen MR) is 84.1 cm³/mol. The minimum atomic E-state index is -0.632. The van der Waals surface area contributed by atoms with Crippen LogP contribution in [0.15, 0.2) is 0 Å². The fraction of sp³-hybridized carbons (Fsp3) is 0.867. The van der Waals surface area contributed by atoms with Crippen LogP contribution in [0.4, 0.5) is 0 Å². The SMILES string of the molecule is CCC1CCCCCN1C(=O)C(CC)(CC)C(N)=S. The summed E-state index contributed by atoms with van der Waals surface area (Å²) < 4.78 is 0. The minimum absolute atomic E-state index is 0.166. The van der Waals surface area contributed by atoms with E-state index < -0.39 is 5.41 Å². The van der Waals surface area contributed by atoms with Crippen LogP contribution in [0.25, 0.3) is 0 Å². The van der Waals surface area contributed by atoms with Gasteiger partial charge < -0.3 is 10.6 Å². The van der Waals surface area contributed by atoms with Gasteiger partial charge in [0.2, 0.25) is 5.91 Å². The third kappa shape index (κ3) is 3.28. The van der Waals surface area contributed by atoms with E-state index >= 15 is 0 Å². The summed E-state index contributed by atoms with van der Waals surface area (Å²) in [7, 11) is 0. The number of hydrogen-bond donors (Lipinski definition) is 1. The maximum Gasteiger partial charge on any atom is 0.235 e. The number of hydrogen-bond acceptors (Lipinski definition) is 2. The highest BCUT2D eigenvalue weighted by molar-refractivity contribution is 7.80. The Morgan fingerprint density at radius 3 is 2.37 bits per heavy atom. The molecule has 0 aromatic carbocycles. The van der Waals surface area contributed by atoms with E-state index in [-0.39, 0.29) is 5.91 Å². The van der Waals surface area contributed by atoms with Crippen LogP contribution in [0.1, 0.15) is 65.7 Å². The number of carbonyl (C=O) groups is 1. The van der Waals surface area contributed by atoms with Gasteiger partial charge >= 0.3 is 0 Å². The van der Waals surface area contributed by atoms with E-state index in [1.807, 2.05) is 13.8 Å². The Bertz CT molecular complexity index is 326. The molecule has 1 amide bonds. The lowest BCUT2D eigenvalue weighted by Crippen LogP contribution is -2.53. The average Bonchev–Trinajstić information content (AvgIpc) is 2.65. The standard InChI is InChI=1S/C15H28N2OS/c1-4-12-10-8-7-9-11-17(12)14(18)15(5-2,6-3)13(16)19/h12H,4-11H2,1-3H3,(H2,16,19). The van der Waals surface area contributed by atoms with Crippen molar-refractivity contribution in [3.63, 3.8) is 0 Å². The maximum absolute atomic E-state index is 13.0. The third-order valence-corrected chi connectivity index (χ3v) is 5.09. The normalized spacial score (nSPS) is 21.0. The van der Waals surface area contributed by atoms with Crippen LogP contribution in [0.2, 0.25) is 0 Å². The first-order chi connectivity index (χ1) is 9.03. The van der Waals surface area contributed by atoms with E-state index in [9.17, 15) is 4.79 Å². The lowest BCUT2D eigenvalue weighted by Gasteiger charge is -2.38. The number of amides is 1. The zero-order valence-electron chi connectivity index (χ0n) is 12.6. The van der Waals surface area contributed by atoms with Crippen LogP contribution < -0.4 is 5.73 Å². The lowest BCUT2D eigenvalue weighted by molar-refractivity contribution is -0.141. The Balaban J connectivity index is 3.02. The second kappa shape index (κ2) is 7.22. The fourth-order valence-electron chi connectivity index (χ4n) is 3.15. The Kier molecular flexibility index (Phi) is 6.24. The zero-order chi connectivity index (χ0) is 14.5. The van der Waals surface area contributed by atoms with E-state index in [0.29, 0.717) is 23.9 Å². The molecular formula is C15H28N2OS. The number of likely N-dealkylation sites (tertiary alicyclic amines) is 1. The number of thiocarbonyl (C=S) groups is 1. The molecule has 1 saturated heterocycles. The molecule has 0 aliphatic carbocycles. The first kappa shape index (κ1) is 16.4. The molecule has 0 aromatic rings. The van der Waals surface area contributed by atoms with Gasteiger partial charge in [-0.1, -0.05) is 45.8 Å². The number of carbonyl (C=O) groups excluding carboxylic acids is 1. The van der Waals surface area contributed by atoms with Gasteiger partial charge in [-0.2, -0.15) is 0 Å². The Hall–Kier alpha value is -0.640.